The summed E-state index contributed by atoms with van der Waals surface area (Å²) in [5, 5.41) is 0.581. The highest BCUT2D eigenvalue weighted by Crippen LogP contribution is 2.37. The summed E-state index contributed by atoms with van der Waals surface area (Å²) >= 11 is 5.49. The molecule has 0 unspecified atom stereocenters. The first-order chi connectivity index (χ1) is 11.1. The van der Waals surface area contributed by atoms with Crippen molar-refractivity contribution in [3.8, 4) is 11.5 Å². The van der Waals surface area contributed by atoms with Crippen molar-refractivity contribution in [3.63, 3.8) is 0 Å². The summed E-state index contributed by atoms with van der Waals surface area (Å²) in [6, 6.07) is 3.69. The van der Waals surface area contributed by atoms with Crippen molar-refractivity contribution in [3.05, 3.63) is 23.3 Å². The summed E-state index contributed by atoms with van der Waals surface area (Å²) < 4.78 is 15.8. The molecule has 0 N–H and O–H groups in total. The standard InChI is InChI=1S/C16H20N2O4S/c1-20-5-4-17-15(19)12-6-10-7-13(21-2)14(22-3)8-11(10)9-18(12)16(17)23/h7-8,12H,4-6,9H2,1-3H3/t12-/m1/s1. The average molecular weight is 336 g/mol. The molecule has 0 spiro atoms. The van der Waals surface area contributed by atoms with E-state index in [-0.39, 0.29) is 11.9 Å². The quantitative estimate of drug-likeness (QED) is 0.753. The number of rotatable bonds is 5. The van der Waals surface area contributed by atoms with Gasteiger partial charge in [-0.3, -0.25) is 9.69 Å². The van der Waals surface area contributed by atoms with Gasteiger partial charge in [0, 0.05) is 20.1 Å². The Morgan fingerprint density at radius 3 is 2.43 bits per heavy atom. The third-order valence-corrected chi connectivity index (χ3v) is 4.84. The number of carbonyl (C=O) groups excluding carboxylic acids is 1. The minimum atomic E-state index is -0.232. The zero-order valence-electron chi connectivity index (χ0n) is 13.5. The van der Waals surface area contributed by atoms with Crippen LogP contribution in [0.15, 0.2) is 12.1 Å². The molecule has 6 nitrogen and oxygen atoms in total. The van der Waals surface area contributed by atoms with Crippen LogP contribution in [0.25, 0.3) is 0 Å². The van der Waals surface area contributed by atoms with Gasteiger partial charge in [-0.2, -0.15) is 0 Å². The minimum absolute atomic E-state index is 0.0486. The van der Waals surface area contributed by atoms with E-state index in [0.29, 0.717) is 42.7 Å². The lowest BCUT2D eigenvalue weighted by molar-refractivity contribution is -0.128. The van der Waals surface area contributed by atoms with Gasteiger partial charge >= 0.3 is 0 Å². The number of fused-ring (bicyclic) bond motifs is 2. The third-order valence-electron chi connectivity index (χ3n) is 4.38. The zero-order valence-corrected chi connectivity index (χ0v) is 14.3. The number of ether oxygens (including phenoxy) is 3. The van der Waals surface area contributed by atoms with Crippen molar-refractivity contribution in [2.45, 2.75) is 19.0 Å². The maximum Gasteiger partial charge on any atom is 0.251 e. The Hall–Kier alpha value is -1.86. The molecule has 1 aromatic carbocycles. The highest BCUT2D eigenvalue weighted by atomic mass is 32.1. The van der Waals surface area contributed by atoms with E-state index < -0.39 is 0 Å². The van der Waals surface area contributed by atoms with Gasteiger partial charge in [0.05, 0.1) is 27.4 Å². The molecule has 2 aliphatic rings. The Bertz CT molecular complexity index is 598. The molecule has 1 aromatic rings. The predicted molar refractivity (Wildman–Crippen MR) is 88.8 cm³/mol. The van der Waals surface area contributed by atoms with Crippen LogP contribution in [-0.4, -0.2) is 61.3 Å². The van der Waals surface area contributed by atoms with Crippen LogP contribution in [0.4, 0.5) is 0 Å². The van der Waals surface area contributed by atoms with E-state index in [1.807, 2.05) is 17.0 Å². The molecule has 7 heteroatoms. The van der Waals surface area contributed by atoms with Crippen LogP contribution >= 0.6 is 12.2 Å². The third kappa shape index (κ3) is 2.64. The first-order valence-electron chi connectivity index (χ1n) is 7.45. The van der Waals surface area contributed by atoms with Crippen LogP contribution in [0.5, 0.6) is 11.5 Å². The van der Waals surface area contributed by atoms with Gasteiger partial charge in [0.15, 0.2) is 16.6 Å². The van der Waals surface area contributed by atoms with E-state index in [9.17, 15) is 4.79 Å². The van der Waals surface area contributed by atoms with Gasteiger partial charge in [-0.15, -0.1) is 0 Å². The second-order valence-corrected chi connectivity index (χ2v) is 5.95. The number of hydrogen-bond donors (Lipinski definition) is 0. The van der Waals surface area contributed by atoms with E-state index in [1.54, 1.807) is 26.2 Å². The molecule has 23 heavy (non-hydrogen) atoms. The lowest BCUT2D eigenvalue weighted by Gasteiger charge is -2.31. The fourth-order valence-electron chi connectivity index (χ4n) is 3.15. The average Bonchev–Trinajstić information content (AvgIpc) is 2.80. The van der Waals surface area contributed by atoms with E-state index in [2.05, 4.69) is 0 Å². The molecule has 0 radical (unpaired) electrons. The molecule has 1 fully saturated rings. The number of nitrogens with zero attached hydrogens (tertiary/aromatic N) is 2. The fraction of sp³-hybridized carbons (Fsp3) is 0.500. The Kier molecular flexibility index (Phi) is 4.41. The molecule has 0 aliphatic carbocycles. The molecule has 0 bridgehead atoms. The molecular weight excluding hydrogens is 316 g/mol. The van der Waals surface area contributed by atoms with Gasteiger partial charge in [0.1, 0.15) is 6.04 Å². The maximum absolute atomic E-state index is 12.6. The highest BCUT2D eigenvalue weighted by Gasteiger charge is 2.44. The van der Waals surface area contributed by atoms with Gasteiger partial charge in [-0.05, 0) is 35.5 Å². The molecular formula is C16H20N2O4S. The summed E-state index contributed by atoms with van der Waals surface area (Å²) in [6.45, 7) is 1.57. The van der Waals surface area contributed by atoms with Gasteiger partial charge < -0.3 is 19.1 Å². The Morgan fingerprint density at radius 2 is 1.83 bits per heavy atom. The number of thiocarbonyl (C=S) groups is 1. The Balaban J connectivity index is 1.90. The summed E-state index contributed by atoms with van der Waals surface area (Å²) in [6.07, 6.45) is 0.623. The normalized spacial score (nSPS) is 19.7. The molecule has 2 aliphatic heterocycles. The molecule has 3 rings (SSSR count). The van der Waals surface area contributed by atoms with Crippen LogP contribution in [0.2, 0.25) is 0 Å². The number of methoxy groups -OCH3 is 3. The van der Waals surface area contributed by atoms with Gasteiger partial charge in [0.2, 0.25) is 0 Å². The van der Waals surface area contributed by atoms with Gasteiger partial charge in [-0.1, -0.05) is 0 Å². The molecule has 1 atom stereocenters. The van der Waals surface area contributed by atoms with E-state index in [0.717, 1.165) is 11.1 Å². The van der Waals surface area contributed by atoms with Crippen molar-refractivity contribution in [2.75, 3.05) is 34.5 Å². The van der Waals surface area contributed by atoms with Gasteiger partial charge in [-0.25, -0.2) is 0 Å². The van der Waals surface area contributed by atoms with Crippen LogP contribution < -0.4 is 9.47 Å². The number of benzene rings is 1. The van der Waals surface area contributed by atoms with Crippen LogP contribution in [0.1, 0.15) is 11.1 Å². The molecule has 124 valence electrons. The predicted octanol–water partition coefficient (Wildman–Crippen LogP) is 1.20. The largest absolute Gasteiger partial charge is 0.493 e. The Labute approximate surface area is 140 Å². The monoisotopic (exact) mass is 336 g/mol. The van der Waals surface area contributed by atoms with Gasteiger partial charge in [0.25, 0.3) is 5.91 Å². The first kappa shape index (κ1) is 16.0. The highest BCUT2D eigenvalue weighted by molar-refractivity contribution is 7.80. The summed E-state index contributed by atoms with van der Waals surface area (Å²) in [7, 11) is 4.85. The van der Waals surface area contributed by atoms with Crippen molar-refractivity contribution in [2.24, 2.45) is 0 Å². The topological polar surface area (TPSA) is 51.2 Å². The second kappa shape index (κ2) is 6.33. The van der Waals surface area contributed by atoms with Crippen LogP contribution in [0.3, 0.4) is 0 Å². The summed E-state index contributed by atoms with van der Waals surface area (Å²) in [5.41, 5.74) is 2.22. The SMILES string of the molecule is COCCN1C(=O)[C@H]2Cc3cc(OC)c(OC)cc3CN2C1=S. The van der Waals surface area contributed by atoms with Crippen molar-refractivity contribution in [1.29, 1.82) is 0 Å². The fourth-order valence-corrected chi connectivity index (χ4v) is 3.52. The summed E-state index contributed by atoms with van der Waals surface area (Å²) in [5.74, 6) is 1.42. The van der Waals surface area contributed by atoms with E-state index in [4.69, 9.17) is 26.4 Å². The van der Waals surface area contributed by atoms with Crippen molar-refractivity contribution in [1.82, 2.24) is 9.80 Å². The molecule has 0 saturated carbocycles. The van der Waals surface area contributed by atoms with Crippen LogP contribution in [0, 0.1) is 0 Å². The summed E-state index contributed by atoms with van der Waals surface area (Å²) in [4.78, 5) is 16.3. The lowest BCUT2D eigenvalue weighted by atomic mass is 9.94. The second-order valence-electron chi connectivity index (χ2n) is 5.59. The number of hydrogen-bond acceptors (Lipinski definition) is 5. The molecule has 1 amide bonds. The van der Waals surface area contributed by atoms with E-state index in [1.165, 1.54) is 0 Å². The zero-order chi connectivity index (χ0) is 16.6. The Morgan fingerprint density at radius 1 is 1.17 bits per heavy atom. The molecule has 2 heterocycles. The van der Waals surface area contributed by atoms with Crippen molar-refractivity contribution < 1.29 is 19.0 Å². The number of amides is 1. The maximum atomic E-state index is 12.6. The lowest BCUT2D eigenvalue weighted by Crippen LogP contribution is -2.40. The first-order valence-corrected chi connectivity index (χ1v) is 7.86. The van der Waals surface area contributed by atoms with Crippen LogP contribution in [-0.2, 0) is 22.5 Å². The van der Waals surface area contributed by atoms with Crippen molar-refractivity contribution >= 4 is 23.2 Å². The molecule has 1 saturated heterocycles. The smallest absolute Gasteiger partial charge is 0.251 e. The number of carbonyl (C=O) groups is 1. The molecule has 0 aromatic heterocycles. The minimum Gasteiger partial charge on any atom is -0.493 e. The van der Waals surface area contributed by atoms with E-state index >= 15 is 0 Å².